The van der Waals surface area contributed by atoms with Crippen molar-refractivity contribution in [2.75, 3.05) is 11.9 Å². The summed E-state index contributed by atoms with van der Waals surface area (Å²) in [5.74, 6) is -6.28. The van der Waals surface area contributed by atoms with Gasteiger partial charge in [-0.25, -0.2) is 22.9 Å². The molecule has 1 fully saturated rings. The highest BCUT2D eigenvalue weighted by Gasteiger charge is 2.50. The predicted molar refractivity (Wildman–Crippen MR) is 145 cm³/mol. The SMILES string of the molecule is C[C@H](CNc1ccc2c(=O)c(C(=O)N[C@@H](C3CC3)C(F)(F)F)cn(-c3c(F)cc(F)cc3F)c2n1)NC(=O)OC(C)(C)C. The fourth-order valence-corrected chi connectivity index (χ4v) is 4.33. The van der Waals surface area contributed by atoms with E-state index in [9.17, 15) is 40.7 Å². The fraction of sp³-hybridized carbons (Fsp3) is 0.429. The summed E-state index contributed by atoms with van der Waals surface area (Å²) in [5, 5.41) is 6.97. The molecule has 0 spiro atoms. The van der Waals surface area contributed by atoms with Gasteiger partial charge in [-0.05, 0) is 58.6 Å². The van der Waals surface area contributed by atoms with E-state index < -0.39 is 75.9 Å². The van der Waals surface area contributed by atoms with E-state index in [-0.39, 0.29) is 36.2 Å². The second-order valence-electron chi connectivity index (χ2n) is 11.3. The van der Waals surface area contributed by atoms with Gasteiger partial charge in [0.1, 0.15) is 34.5 Å². The molecule has 2 atom stereocenters. The number of benzene rings is 1. The molecule has 3 aromatic rings. The van der Waals surface area contributed by atoms with Gasteiger partial charge in [-0.1, -0.05) is 0 Å². The molecule has 232 valence electrons. The molecule has 0 radical (unpaired) electrons. The maximum atomic E-state index is 14.9. The van der Waals surface area contributed by atoms with Crippen LogP contribution in [0.2, 0.25) is 0 Å². The van der Waals surface area contributed by atoms with Crippen LogP contribution in [0.25, 0.3) is 16.7 Å². The molecule has 43 heavy (non-hydrogen) atoms. The van der Waals surface area contributed by atoms with E-state index >= 15 is 0 Å². The molecule has 2 amide bonds. The number of alkyl halides is 3. The molecule has 2 heterocycles. The van der Waals surface area contributed by atoms with Gasteiger partial charge in [0.25, 0.3) is 5.91 Å². The number of fused-ring (bicyclic) bond motifs is 1. The first-order chi connectivity index (χ1) is 19.9. The third-order valence-electron chi connectivity index (χ3n) is 6.40. The third-order valence-corrected chi connectivity index (χ3v) is 6.40. The molecule has 15 heteroatoms. The van der Waals surface area contributed by atoms with Gasteiger partial charge < -0.3 is 20.7 Å². The lowest BCUT2D eigenvalue weighted by molar-refractivity contribution is -0.158. The smallest absolute Gasteiger partial charge is 0.408 e. The number of ether oxygens (including phenoxy) is 1. The summed E-state index contributed by atoms with van der Waals surface area (Å²) in [6, 6.07) is 0.482. The van der Waals surface area contributed by atoms with Crippen molar-refractivity contribution in [2.24, 2.45) is 5.92 Å². The quantitative estimate of drug-likeness (QED) is 0.301. The molecular formula is C28H29F6N5O4. The number of nitrogens with zero attached hydrogens (tertiary/aromatic N) is 2. The van der Waals surface area contributed by atoms with Crippen LogP contribution in [0.4, 0.5) is 37.0 Å². The lowest BCUT2D eigenvalue weighted by atomic mass is 10.1. The van der Waals surface area contributed by atoms with Crippen LogP contribution < -0.4 is 21.4 Å². The van der Waals surface area contributed by atoms with Crippen LogP contribution in [0.5, 0.6) is 0 Å². The van der Waals surface area contributed by atoms with Crippen LogP contribution in [0.3, 0.4) is 0 Å². The molecule has 9 nitrogen and oxygen atoms in total. The van der Waals surface area contributed by atoms with Crippen LogP contribution >= 0.6 is 0 Å². The second kappa shape index (κ2) is 11.8. The number of halogens is 6. The number of aromatic nitrogens is 2. The molecule has 0 bridgehead atoms. The number of carbonyl (C=O) groups is 2. The van der Waals surface area contributed by atoms with Crippen molar-refractivity contribution < 1.29 is 40.7 Å². The molecule has 1 saturated carbocycles. The number of rotatable bonds is 8. The summed E-state index contributed by atoms with van der Waals surface area (Å²) in [4.78, 5) is 42.5. The Hall–Kier alpha value is -4.30. The monoisotopic (exact) mass is 613 g/mol. The van der Waals surface area contributed by atoms with E-state index in [0.717, 1.165) is 0 Å². The maximum absolute atomic E-state index is 14.9. The summed E-state index contributed by atoms with van der Waals surface area (Å²) in [5.41, 5.74) is -3.89. The number of alkyl carbamates (subject to hydrolysis) is 1. The highest BCUT2D eigenvalue weighted by molar-refractivity contribution is 5.97. The summed E-state index contributed by atoms with van der Waals surface area (Å²) in [7, 11) is 0. The number of hydrogen-bond acceptors (Lipinski definition) is 6. The van der Waals surface area contributed by atoms with E-state index in [4.69, 9.17) is 4.74 Å². The van der Waals surface area contributed by atoms with Gasteiger partial charge in [-0.3, -0.25) is 14.2 Å². The van der Waals surface area contributed by atoms with Crippen molar-refractivity contribution in [2.45, 2.75) is 64.4 Å². The number of pyridine rings is 2. The number of amides is 2. The lowest BCUT2D eigenvalue weighted by Gasteiger charge is -2.22. The Labute approximate surface area is 241 Å². The van der Waals surface area contributed by atoms with Crippen molar-refractivity contribution in [1.82, 2.24) is 20.2 Å². The molecule has 1 aliphatic carbocycles. The zero-order chi connectivity index (χ0) is 31.9. The Balaban J connectivity index is 1.73. The molecular weight excluding hydrogens is 584 g/mol. The van der Waals surface area contributed by atoms with E-state index in [1.54, 1.807) is 27.7 Å². The van der Waals surface area contributed by atoms with Crippen LogP contribution in [0, 0.1) is 23.4 Å². The summed E-state index contributed by atoms with van der Waals surface area (Å²) >= 11 is 0. The predicted octanol–water partition coefficient (Wildman–Crippen LogP) is 5.20. The largest absolute Gasteiger partial charge is 0.444 e. The molecule has 2 aromatic heterocycles. The van der Waals surface area contributed by atoms with Crippen LogP contribution in [0.15, 0.2) is 35.3 Å². The number of nitrogens with one attached hydrogen (secondary N) is 3. The first-order valence-corrected chi connectivity index (χ1v) is 13.3. The average Bonchev–Trinajstić information content (AvgIpc) is 3.69. The van der Waals surface area contributed by atoms with Crippen molar-refractivity contribution in [3.05, 3.63) is 63.7 Å². The minimum Gasteiger partial charge on any atom is -0.444 e. The maximum Gasteiger partial charge on any atom is 0.408 e. The Kier molecular flexibility index (Phi) is 8.65. The molecule has 1 aromatic carbocycles. The highest BCUT2D eigenvalue weighted by atomic mass is 19.4. The zero-order valence-corrected chi connectivity index (χ0v) is 23.5. The van der Waals surface area contributed by atoms with Gasteiger partial charge in [0.15, 0.2) is 17.3 Å². The van der Waals surface area contributed by atoms with E-state index in [1.807, 2.05) is 5.32 Å². The summed E-state index contributed by atoms with van der Waals surface area (Å²) < 4.78 is 90.1. The minimum atomic E-state index is -4.79. The first kappa shape index (κ1) is 31.6. The van der Waals surface area contributed by atoms with E-state index in [0.29, 0.717) is 22.9 Å². The number of carbonyl (C=O) groups excluding carboxylic acids is 2. The van der Waals surface area contributed by atoms with Crippen molar-refractivity contribution in [3.8, 4) is 5.69 Å². The first-order valence-electron chi connectivity index (χ1n) is 13.3. The normalized spacial score (nSPS) is 15.1. The molecule has 4 rings (SSSR count). The third kappa shape index (κ3) is 7.56. The van der Waals surface area contributed by atoms with Crippen molar-refractivity contribution >= 4 is 28.9 Å². The Bertz CT molecular complexity index is 1590. The van der Waals surface area contributed by atoms with E-state index in [2.05, 4.69) is 15.6 Å². The molecule has 0 aliphatic heterocycles. The van der Waals surface area contributed by atoms with E-state index in [1.165, 1.54) is 12.1 Å². The Morgan fingerprint density at radius 2 is 1.70 bits per heavy atom. The van der Waals surface area contributed by atoms with Crippen molar-refractivity contribution in [1.29, 1.82) is 0 Å². The summed E-state index contributed by atoms with van der Waals surface area (Å²) in [6.45, 7) is 6.81. The van der Waals surface area contributed by atoms with Crippen LogP contribution in [-0.4, -0.2) is 52.0 Å². The minimum absolute atomic E-state index is 0.0736. The Morgan fingerprint density at radius 3 is 2.26 bits per heavy atom. The molecule has 0 unspecified atom stereocenters. The highest BCUT2D eigenvalue weighted by Crippen LogP contribution is 2.40. The molecule has 0 saturated heterocycles. The van der Waals surface area contributed by atoms with Crippen LogP contribution in [-0.2, 0) is 4.74 Å². The molecule has 1 aliphatic rings. The van der Waals surface area contributed by atoms with Gasteiger partial charge in [-0.15, -0.1) is 0 Å². The standard InChI is InChI=1S/C28H29F6N5O4/c1-13(36-26(42)43-27(2,3)4)11-35-20-8-7-16-22(40)17(25(41)38-23(14-5-6-14)28(32,33)34)12-39(24(16)37-20)21-18(30)9-15(29)10-19(21)31/h7-10,12-14,23H,5-6,11H2,1-4H3,(H,35,37)(H,36,42)(H,38,41)/t13-,23+/m1/s1. The second-order valence-corrected chi connectivity index (χ2v) is 11.3. The van der Waals surface area contributed by atoms with Gasteiger partial charge in [0.2, 0.25) is 5.43 Å². The topological polar surface area (TPSA) is 114 Å². The fourth-order valence-electron chi connectivity index (χ4n) is 4.33. The van der Waals surface area contributed by atoms with Crippen LogP contribution in [0.1, 0.15) is 50.9 Å². The average molecular weight is 614 g/mol. The Morgan fingerprint density at radius 1 is 1.07 bits per heavy atom. The van der Waals surface area contributed by atoms with Gasteiger partial charge >= 0.3 is 12.3 Å². The number of hydrogen-bond donors (Lipinski definition) is 3. The lowest BCUT2D eigenvalue weighted by Crippen LogP contribution is -2.48. The van der Waals surface area contributed by atoms with Crippen molar-refractivity contribution in [3.63, 3.8) is 0 Å². The van der Waals surface area contributed by atoms with Gasteiger partial charge in [-0.2, -0.15) is 13.2 Å². The van der Waals surface area contributed by atoms with Gasteiger partial charge in [0.05, 0.1) is 5.39 Å². The zero-order valence-electron chi connectivity index (χ0n) is 23.5. The molecule has 3 N–H and O–H groups in total. The number of anilines is 1. The van der Waals surface area contributed by atoms with Gasteiger partial charge in [0, 0.05) is 30.9 Å². The summed E-state index contributed by atoms with van der Waals surface area (Å²) in [6.07, 6.45) is -4.35.